The van der Waals surface area contributed by atoms with Gasteiger partial charge in [0, 0.05) is 12.6 Å². The first-order valence-corrected chi connectivity index (χ1v) is 8.42. The van der Waals surface area contributed by atoms with Crippen LogP contribution in [0.2, 0.25) is 0 Å². The van der Waals surface area contributed by atoms with Gasteiger partial charge < -0.3 is 14.7 Å². The van der Waals surface area contributed by atoms with Gasteiger partial charge in [-0.15, -0.1) is 0 Å². The van der Waals surface area contributed by atoms with E-state index in [1.165, 1.54) is 12.8 Å². The molecule has 1 heterocycles. The predicted octanol–water partition coefficient (Wildman–Crippen LogP) is 4.26. The van der Waals surface area contributed by atoms with Crippen molar-refractivity contribution < 1.29 is 14.6 Å². The van der Waals surface area contributed by atoms with Crippen LogP contribution in [-0.4, -0.2) is 23.2 Å². The van der Waals surface area contributed by atoms with Crippen LogP contribution < -0.4 is 9.64 Å². The van der Waals surface area contributed by atoms with Crippen molar-refractivity contribution in [3.05, 3.63) is 18.2 Å². The molecule has 2 rings (SSSR count). The second-order valence-electron chi connectivity index (χ2n) is 5.97. The molecule has 0 atom stereocenters. The zero-order chi connectivity index (χ0) is 16.2. The van der Waals surface area contributed by atoms with Crippen molar-refractivity contribution in [3.63, 3.8) is 0 Å². The Kier molecular flexibility index (Phi) is 5.33. The number of phenols is 1. The van der Waals surface area contributed by atoms with Crippen LogP contribution in [-0.2, 0) is 4.79 Å². The van der Waals surface area contributed by atoms with E-state index in [1.54, 1.807) is 23.1 Å². The lowest BCUT2D eigenvalue weighted by Gasteiger charge is -2.42. The maximum atomic E-state index is 13.0. The molecule has 1 aromatic rings. The van der Waals surface area contributed by atoms with Crippen LogP contribution >= 0.6 is 0 Å². The van der Waals surface area contributed by atoms with Crippen molar-refractivity contribution >= 4 is 11.6 Å². The molecule has 1 aromatic carbocycles. The van der Waals surface area contributed by atoms with Gasteiger partial charge in [-0.3, -0.25) is 4.79 Å². The summed E-state index contributed by atoms with van der Waals surface area (Å²) in [5, 5.41) is 9.75. The van der Waals surface area contributed by atoms with E-state index >= 15 is 0 Å². The Hall–Kier alpha value is -1.71. The number of hydrogen-bond acceptors (Lipinski definition) is 3. The first-order chi connectivity index (χ1) is 10.6. The van der Waals surface area contributed by atoms with E-state index in [-0.39, 0.29) is 11.7 Å². The van der Waals surface area contributed by atoms with Crippen LogP contribution in [0.25, 0.3) is 0 Å². The van der Waals surface area contributed by atoms with E-state index < -0.39 is 5.60 Å². The molecule has 0 aromatic heterocycles. The fraction of sp³-hybridized carbons (Fsp3) is 0.611. The summed E-state index contributed by atoms with van der Waals surface area (Å²) in [7, 11) is 0. The molecule has 22 heavy (non-hydrogen) atoms. The minimum Gasteiger partial charge on any atom is -0.508 e. The summed E-state index contributed by atoms with van der Waals surface area (Å²) in [5.74, 6) is 0.873. The van der Waals surface area contributed by atoms with Crippen molar-refractivity contribution in [1.29, 1.82) is 0 Å². The summed E-state index contributed by atoms with van der Waals surface area (Å²) in [6.45, 7) is 6.83. The number of phenolic OH excluding ortho intramolecular Hbond substituents is 1. The maximum Gasteiger partial charge on any atom is 0.271 e. The Morgan fingerprint density at radius 2 is 1.86 bits per heavy atom. The Labute approximate surface area is 133 Å². The first kappa shape index (κ1) is 16.7. The number of fused-ring (bicyclic) bond motifs is 1. The van der Waals surface area contributed by atoms with Gasteiger partial charge >= 0.3 is 0 Å². The molecule has 1 amide bonds. The van der Waals surface area contributed by atoms with E-state index in [1.807, 2.05) is 13.8 Å². The average Bonchev–Trinajstić information content (AvgIpc) is 2.53. The number of carbonyl (C=O) groups is 1. The van der Waals surface area contributed by atoms with Crippen LogP contribution in [0, 0.1) is 0 Å². The first-order valence-electron chi connectivity index (χ1n) is 8.42. The molecule has 0 aliphatic carbocycles. The number of amides is 1. The number of carbonyl (C=O) groups excluding carboxylic acids is 1. The summed E-state index contributed by atoms with van der Waals surface area (Å²) < 4.78 is 6.04. The van der Waals surface area contributed by atoms with Crippen LogP contribution in [0.3, 0.4) is 0 Å². The van der Waals surface area contributed by atoms with Gasteiger partial charge in [-0.1, -0.05) is 40.0 Å². The van der Waals surface area contributed by atoms with Gasteiger partial charge in [0.25, 0.3) is 5.91 Å². The molecule has 4 heteroatoms. The molecule has 0 fully saturated rings. The SMILES string of the molecule is CCCCCCN1C(=O)C(CC)(CC)Oc2ccc(O)cc21. The number of unbranched alkanes of at least 4 members (excludes halogenated alkanes) is 3. The molecule has 0 radical (unpaired) electrons. The third-order valence-electron chi connectivity index (χ3n) is 4.55. The number of nitrogens with zero attached hydrogens (tertiary/aromatic N) is 1. The van der Waals surface area contributed by atoms with Crippen molar-refractivity contribution in [2.75, 3.05) is 11.4 Å². The summed E-state index contributed by atoms with van der Waals surface area (Å²) in [6, 6.07) is 5.00. The minimum absolute atomic E-state index is 0.0205. The molecule has 1 N–H and O–H groups in total. The number of anilines is 1. The summed E-state index contributed by atoms with van der Waals surface area (Å²) >= 11 is 0. The topological polar surface area (TPSA) is 49.8 Å². The Bertz CT molecular complexity index is 523. The third-order valence-corrected chi connectivity index (χ3v) is 4.55. The second-order valence-corrected chi connectivity index (χ2v) is 5.97. The lowest BCUT2D eigenvalue weighted by atomic mass is 9.92. The number of aromatic hydroxyl groups is 1. The number of ether oxygens (including phenoxy) is 1. The van der Waals surface area contributed by atoms with Crippen molar-refractivity contribution in [2.24, 2.45) is 0 Å². The highest BCUT2D eigenvalue weighted by Gasteiger charge is 2.45. The Morgan fingerprint density at radius 3 is 2.50 bits per heavy atom. The molecular formula is C18H27NO3. The fourth-order valence-corrected chi connectivity index (χ4v) is 3.03. The van der Waals surface area contributed by atoms with Crippen molar-refractivity contribution in [3.8, 4) is 11.5 Å². The van der Waals surface area contributed by atoms with Gasteiger partial charge in [0.2, 0.25) is 0 Å². The highest BCUT2D eigenvalue weighted by Crippen LogP contribution is 2.42. The third kappa shape index (κ3) is 3.06. The van der Waals surface area contributed by atoms with Crippen LogP contribution in [0.5, 0.6) is 11.5 Å². The van der Waals surface area contributed by atoms with Crippen molar-refractivity contribution in [2.45, 2.75) is 64.9 Å². The minimum atomic E-state index is -0.769. The number of hydrogen-bond donors (Lipinski definition) is 1. The van der Waals surface area contributed by atoms with E-state index in [4.69, 9.17) is 4.74 Å². The predicted molar refractivity (Wildman–Crippen MR) is 88.5 cm³/mol. The Morgan fingerprint density at radius 1 is 1.14 bits per heavy atom. The highest BCUT2D eigenvalue weighted by atomic mass is 16.5. The zero-order valence-electron chi connectivity index (χ0n) is 13.9. The van der Waals surface area contributed by atoms with Gasteiger partial charge in [0.15, 0.2) is 5.60 Å². The second kappa shape index (κ2) is 7.03. The molecule has 4 nitrogen and oxygen atoms in total. The fourth-order valence-electron chi connectivity index (χ4n) is 3.03. The van der Waals surface area contributed by atoms with Crippen LogP contribution in [0.4, 0.5) is 5.69 Å². The molecule has 0 bridgehead atoms. The average molecular weight is 305 g/mol. The van der Waals surface area contributed by atoms with Gasteiger partial charge in [-0.05, 0) is 31.4 Å². The van der Waals surface area contributed by atoms with Gasteiger partial charge in [-0.25, -0.2) is 0 Å². The maximum absolute atomic E-state index is 13.0. The molecule has 1 aliphatic rings. The van der Waals surface area contributed by atoms with E-state index in [2.05, 4.69) is 6.92 Å². The monoisotopic (exact) mass is 305 g/mol. The number of rotatable bonds is 7. The van der Waals surface area contributed by atoms with E-state index in [0.717, 1.165) is 12.8 Å². The summed E-state index contributed by atoms with van der Waals surface area (Å²) in [5.41, 5.74) is -0.0756. The molecule has 1 aliphatic heterocycles. The molecule has 122 valence electrons. The molecule has 0 saturated carbocycles. The van der Waals surface area contributed by atoms with Crippen LogP contribution in [0.1, 0.15) is 59.3 Å². The largest absolute Gasteiger partial charge is 0.508 e. The normalized spacial score (nSPS) is 16.3. The lowest BCUT2D eigenvalue weighted by molar-refractivity contribution is -0.136. The molecular weight excluding hydrogens is 278 g/mol. The molecule has 0 unspecified atom stereocenters. The smallest absolute Gasteiger partial charge is 0.271 e. The van der Waals surface area contributed by atoms with E-state index in [0.29, 0.717) is 30.8 Å². The lowest BCUT2D eigenvalue weighted by Crippen LogP contribution is -2.55. The highest BCUT2D eigenvalue weighted by molar-refractivity contribution is 6.03. The van der Waals surface area contributed by atoms with Gasteiger partial charge in [0.05, 0.1) is 5.69 Å². The standard InChI is InChI=1S/C18H27NO3/c1-4-7-8-9-12-19-15-13-14(20)10-11-16(15)22-18(5-2,6-3)17(19)21/h10-11,13,20H,4-9,12H2,1-3H3. The van der Waals surface area contributed by atoms with E-state index in [9.17, 15) is 9.90 Å². The molecule has 0 saturated heterocycles. The number of benzene rings is 1. The van der Waals surface area contributed by atoms with Crippen molar-refractivity contribution in [1.82, 2.24) is 0 Å². The zero-order valence-corrected chi connectivity index (χ0v) is 13.9. The summed E-state index contributed by atoms with van der Waals surface area (Å²) in [6.07, 6.45) is 5.72. The van der Waals surface area contributed by atoms with Gasteiger partial charge in [0.1, 0.15) is 11.5 Å². The summed E-state index contributed by atoms with van der Waals surface area (Å²) in [4.78, 5) is 14.8. The van der Waals surface area contributed by atoms with Gasteiger partial charge in [-0.2, -0.15) is 0 Å². The Balaban J connectivity index is 2.31. The van der Waals surface area contributed by atoms with Crippen LogP contribution in [0.15, 0.2) is 18.2 Å². The molecule has 0 spiro atoms. The quantitative estimate of drug-likeness (QED) is 0.766.